The van der Waals surface area contributed by atoms with Crippen molar-refractivity contribution in [2.45, 2.75) is 20.0 Å². The lowest BCUT2D eigenvalue weighted by Crippen LogP contribution is -2.12. The molecule has 1 N–H and O–H groups in total. The molecule has 8 heteroatoms. The summed E-state index contributed by atoms with van der Waals surface area (Å²) in [5.41, 5.74) is 1.28. The Kier molecular flexibility index (Phi) is 6.10. The molecule has 3 rings (SSSR count). The standard InChI is InChI=1S/C20H21N3O4S/c1-12(2)27-14-7-5-13(6-8-14)18(24)21-20-23-22-19(28-20)16-10-9-15(25-3)11-17(16)26-4/h5-12H,1-4H3,(H,21,23,24). The van der Waals surface area contributed by atoms with E-state index in [-0.39, 0.29) is 12.0 Å². The molecule has 0 aliphatic rings. The Labute approximate surface area is 167 Å². The summed E-state index contributed by atoms with van der Waals surface area (Å²) in [6, 6.07) is 12.4. The van der Waals surface area contributed by atoms with Crippen molar-refractivity contribution in [3.05, 3.63) is 48.0 Å². The molecule has 0 atom stereocenters. The summed E-state index contributed by atoms with van der Waals surface area (Å²) in [6.07, 6.45) is 0.0782. The number of nitrogens with zero attached hydrogens (tertiary/aromatic N) is 2. The van der Waals surface area contributed by atoms with Crippen molar-refractivity contribution in [3.63, 3.8) is 0 Å². The maximum atomic E-state index is 12.4. The molecule has 0 unspecified atom stereocenters. The molecule has 2 aromatic carbocycles. The number of anilines is 1. The van der Waals surface area contributed by atoms with Crippen LogP contribution in [0.25, 0.3) is 10.6 Å². The van der Waals surface area contributed by atoms with Crippen molar-refractivity contribution in [3.8, 4) is 27.8 Å². The van der Waals surface area contributed by atoms with Gasteiger partial charge in [-0.15, -0.1) is 10.2 Å². The molecule has 0 spiro atoms. The largest absolute Gasteiger partial charge is 0.497 e. The van der Waals surface area contributed by atoms with Gasteiger partial charge in [-0.1, -0.05) is 11.3 Å². The van der Waals surface area contributed by atoms with E-state index in [1.54, 1.807) is 44.6 Å². The van der Waals surface area contributed by atoms with Gasteiger partial charge in [0.25, 0.3) is 5.91 Å². The van der Waals surface area contributed by atoms with Crippen LogP contribution in [-0.4, -0.2) is 36.4 Å². The summed E-state index contributed by atoms with van der Waals surface area (Å²) >= 11 is 1.26. The molecule has 1 amide bonds. The Morgan fingerprint density at radius 1 is 1.00 bits per heavy atom. The van der Waals surface area contributed by atoms with Crippen LogP contribution in [0.3, 0.4) is 0 Å². The summed E-state index contributed by atoms with van der Waals surface area (Å²) in [7, 11) is 3.17. The number of carbonyl (C=O) groups is 1. The normalized spacial score (nSPS) is 10.6. The zero-order valence-electron chi connectivity index (χ0n) is 16.1. The molecule has 7 nitrogen and oxygen atoms in total. The lowest BCUT2D eigenvalue weighted by Gasteiger charge is -2.09. The van der Waals surface area contributed by atoms with Crippen molar-refractivity contribution < 1.29 is 19.0 Å². The van der Waals surface area contributed by atoms with Gasteiger partial charge in [-0.25, -0.2) is 0 Å². The maximum Gasteiger partial charge on any atom is 0.257 e. The lowest BCUT2D eigenvalue weighted by atomic mass is 10.2. The minimum absolute atomic E-state index is 0.0782. The highest BCUT2D eigenvalue weighted by molar-refractivity contribution is 7.18. The van der Waals surface area contributed by atoms with Gasteiger partial charge in [-0.2, -0.15) is 0 Å². The molecule has 0 radical (unpaired) electrons. The average molecular weight is 399 g/mol. The second-order valence-electron chi connectivity index (χ2n) is 6.12. The van der Waals surface area contributed by atoms with Crippen LogP contribution < -0.4 is 19.5 Å². The topological polar surface area (TPSA) is 82.6 Å². The minimum atomic E-state index is -0.263. The fourth-order valence-corrected chi connectivity index (χ4v) is 3.25. The molecule has 0 saturated carbocycles. The van der Waals surface area contributed by atoms with E-state index in [1.807, 2.05) is 26.0 Å². The van der Waals surface area contributed by atoms with Gasteiger partial charge >= 0.3 is 0 Å². The van der Waals surface area contributed by atoms with E-state index < -0.39 is 0 Å². The highest BCUT2D eigenvalue weighted by atomic mass is 32.1. The molecule has 1 heterocycles. The van der Waals surface area contributed by atoms with E-state index in [0.29, 0.717) is 27.2 Å². The van der Waals surface area contributed by atoms with Crippen LogP contribution in [0.2, 0.25) is 0 Å². The molecule has 1 aromatic heterocycles. The van der Waals surface area contributed by atoms with Crippen LogP contribution in [0.1, 0.15) is 24.2 Å². The molecule has 28 heavy (non-hydrogen) atoms. The number of carbonyl (C=O) groups excluding carboxylic acids is 1. The Morgan fingerprint density at radius 3 is 2.36 bits per heavy atom. The van der Waals surface area contributed by atoms with Gasteiger partial charge in [0.05, 0.1) is 25.9 Å². The predicted octanol–water partition coefficient (Wildman–Crippen LogP) is 4.26. The van der Waals surface area contributed by atoms with Crippen LogP contribution in [0, 0.1) is 0 Å². The summed E-state index contributed by atoms with van der Waals surface area (Å²) < 4.78 is 16.2. The number of hydrogen-bond donors (Lipinski definition) is 1. The molecule has 0 bridgehead atoms. The molecule has 0 aliphatic heterocycles. The monoisotopic (exact) mass is 399 g/mol. The maximum absolute atomic E-state index is 12.4. The van der Waals surface area contributed by atoms with Crippen LogP contribution in [0.15, 0.2) is 42.5 Å². The molecule has 0 fully saturated rings. The van der Waals surface area contributed by atoms with Gasteiger partial charge < -0.3 is 14.2 Å². The van der Waals surface area contributed by atoms with Crippen molar-refractivity contribution in [1.29, 1.82) is 0 Å². The molecule has 3 aromatic rings. The fourth-order valence-electron chi connectivity index (χ4n) is 2.48. The second kappa shape index (κ2) is 8.71. The Bertz CT molecular complexity index is 954. The average Bonchev–Trinajstić information content (AvgIpc) is 3.15. The van der Waals surface area contributed by atoms with Crippen molar-refractivity contribution in [1.82, 2.24) is 10.2 Å². The minimum Gasteiger partial charge on any atom is -0.497 e. The van der Waals surface area contributed by atoms with E-state index in [1.165, 1.54) is 11.3 Å². The smallest absolute Gasteiger partial charge is 0.257 e. The molecule has 0 saturated heterocycles. The molecular formula is C20H21N3O4S. The number of ether oxygens (including phenoxy) is 3. The first-order valence-electron chi connectivity index (χ1n) is 8.64. The van der Waals surface area contributed by atoms with Gasteiger partial charge in [-0.3, -0.25) is 10.1 Å². The zero-order chi connectivity index (χ0) is 20.1. The number of hydrogen-bond acceptors (Lipinski definition) is 7. The third kappa shape index (κ3) is 4.58. The number of nitrogens with one attached hydrogen (secondary N) is 1. The Hall–Kier alpha value is -3.13. The van der Waals surface area contributed by atoms with E-state index in [9.17, 15) is 4.79 Å². The van der Waals surface area contributed by atoms with Crippen molar-refractivity contribution >= 4 is 22.4 Å². The SMILES string of the molecule is COc1ccc(-c2nnc(NC(=O)c3ccc(OC(C)C)cc3)s2)c(OC)c1. The number of aromatic nitrogens is 2. The summed E-state index contributed by atoms with van der Waals surface area (Å²) in [5, 5.41) is 12.0. The van der Waals surface area contributed by atoms with Gasteiger partial charge in [-0.05, 0) is 50.2 Å². The third-order valence-corrected chi connectivity index (χ3v) is 4.64. The van der Waals surface area contributed by atoms with Gasteiger partial charge in [0.1, 0.15) is 17.2 Å². The number of benzene rings is 2. The van der Waals surface area contributed by atoms with Crippen molar-refractivity contribution in [2.24, 2.45) is 0 Å². The third-order valence-electron chi connectivity index (χ3n) is 3.77. The van der Waals surface area contributed by atoms with Crippen LogP contribution >= 0.6 is 11.3 Å². The quantitative estimate of drug-likeness (QED) is 0.639. The Balaban J connectivity index is 1.73. The van der Waals surface area contributed by atoms with E-state index in [4.69, 9.17) is 14.2 Å². The second-order valence-corrected chi connectivity index (χ2v) is 7.10. The van der Waals surface area contributed by atoms with E-state index in [2.05, 4.69) is 15.5 Å². The lowest BCUT2D eigenvalue weighted by molar-refractivity contribution is 0.102. The molecular weight excluding hydrogens is 378 g/mol. The summed E-state index contributed by atoms with van der Waals surface area (Å²) in [6.45, 7) is 3.90. The summed E-state index contributed by atoms with van der Waals surface area (Å²) in [4.78, 5) is 12.4. The van der Waals surface area contributed by atoms with Gasteiger partial charge in [0.2, 0.25) is 5.13 Å². The van der Waals surface area contributed by atoms with Gasteiger partial charge in [0.15, 0.2) is 5.01 Å². The first-order valence-corrected chi connectivity index (χ1v) is 9.45. The van der Waals surface area contributed by atoms with E-state index >= 15 is 0 Å². The Morgan fingerprint density at radius 2 is 1.71 bits per heavy atom. The zero-order valence-corrected chi connectivity index (χ0v) is 16.9. The first-order chi connectivity index (χ1) is 13.5. The summed E-state index contributed by atoms with van der Waals surface area (Å²) in [5.74, 6) is 1.76. The number of amides is 1. The fraction of sp³-hybridized carbons (Fsp3) is 0.250. The first kappa shape index (κ1) is 19.6. The molecule has 0 aliphatic carbocycles. The number of rotatable bonds is 7. The van der Waals surface area contributed by atoms with Gasteiger partial charge in [0, 0.05) is 11.6 Å². The predicted molar refractivity (Wildman–Crippen MR) is 109 cm³/mol. The van der Waals surface area contributed by atoms with Crippen LogP contribution in [-0.2, 0) is 0 Å². The van der Waals surface area contributed by atoms with Crippen LogP contribution in [0.5, 0.6) is 17.2 Å². The molecule has 146 valence electrons. The highest BCUT2D eigenvalue weighted by Gasteiger charge is 2.15. The number of methoxy groups -OCH3 is 2. The van der Waals surface area contributed by atoms with Crippen molar-refractivity contribution in [2.75, 3.05) is 19.5 Å². The van der Waals surface area contributed by atoms with E-state index in [0.717, 1.165) is 11.3 Å². The highest BCUT2D eigenvalue weighted by Crippen LogP contribution is 2.36. The van der Waals surface area contributed by atoms with Crippen LogP contribution in [0.4, 0.5) is 5.13 Å².